The fourth-order valence-corrected chi connectivity index (χ4v) is 11.1. The first-order valence-corrected chi connectivity index (χ1v) is 17.0. The molecule has 17 heavy (non-hydrogen) atoms. The van der Waals surface area contributed by atoms with Gasteiger partial charge < -0.3 is 0 Å². The maximum atomic E-state index is 2.73. The summed E-state index contributed by atoms with van der Waals surface area (Å²) in [5, 5.41) is 0. The van der Waals surface area contributed by atoms with Gasteiger partial charge in [-0.25, -0.2) is 0 Å². The van der Waals surface area contributed by atoms with Gasteiger partial charge in [0, 0.05) is 0 Å². The Bertz CT molecular complexity index is 333. The van der Waals surface area contributed by atoms with Crippen molar-refractivity contribution in [2.45, 2.75) is 72.9 Å². The van der Waals surface area contributed by atoms with Crippen molar-refractivity contribution in [2.75, 3.05) is 0 Å². The molecular formula is C15H31NSn. The van der Waals surface area contributed by atoms with Crippen LogP contribution in [0.25, 0.3) is 0 Å². The molecular weight excluding hydrogens is 313 g/mol. The van der Waals surface area contributed by atoms with Gasteiger partial charge in [0.05, 0.1) is 0 Å². The van der Waals surface area contributed by atoms with Crippen LogP contribution in [0.5, 0.6) is 0 Å². The van der Waals surface area contributed by atoms with Crippen LogP contribution in [-0.4, -0.2) is 32.9 Å². The zero-order valence-electron chi connectivity index (χ0n) is 13.5. The number of rotatable bonds is 1. The Balaban J connectivity index is 3.26. The summed E-state index contributed by atoms with van der Waals surface area (Å²) in [6.07, 6.45) is 0. The van der Waals surface area contributed by atoms with E-state index in [0.29, 0.717) is 0 Å². The molecule has 2 heteroatoms. The van der Waals surface area contributed by atoms with E-state index >= 15 is 0 Å². The van der Waals surface area contributed by atoms with Crippen molar-refractivity contribution in [2.24, 2.45) is 5.41 Å². The molecule has 1 rings (SSSR count). The molecule has 0 aromatic carbocycles. The topological polar surface area (TPSA) is 3.24 Å². The Labute approximate surface area is 113 Å². The van der Waals surface area contributed by atoms with Crippen LogP contribution in [0.3, 0.4) is 0 Å². The average molecular weight is 344 g/mol. The normalized spacial score (nSPS) is 22.9. The van der Waals surface area contributed by atoms with Gasteiger partial charge in [-0.2, -0.15) is 0 Å². The minimum absolute atomic E-state index is 0.261. The van der Waals surface area contributed by atoms with Gasteiger partial charge in [-0.3, -0.25) is 0 Å². The van der Waals surface area contributed by atoms with E-state index in [0.717, 1.165) is 4.06 Å². The molecule has 0 saturated heterocycles. The van der Waals surface area contributed by atoms with E-state index in [1.165, 1.54) is 0 Å². The van der Waals surface area contributed by atoms with E-state index in [1.807, 2.05) is 0 Å². The zero-order chi connectivity index (χ0) is 13.8. The quantitative estimate of drug-likeness (QED) is 0.625. The number of hydrogen-bond acceptors (Lipinski definition) is 1. The average Bonchev–Trinajstić information content (AvgIpc) is 1.90. The third-order valence-electron chi connectivity index (χ3n) is 3.54. The van der Waals surface area contributed by atoms with Crippen molar-refractivity contribution in [3.8, 4) is 0 Å². The van der Waals surface area contributed by atoms with Crippen LogP contribution in [0, 0.1) is 5.41 Å². The summed E-state index contributed by atoms with van der Waals surface area (Å²) >= 11 is -1.92. The van der Waals surface area contributed by atoms with Gasteiger partial charge in [0.25, 0.3) is 0 Å². The molecule has 0 spiro atoms. The molecule has 100 valence electrons. The Morgan fingerprint density at radius 2 is 1.35 bits per heavy atom. The van der Waals surface area contributed by atoms with Gasteiger partial charge in [-0.15, -0.1) is 0 Å². The molecule has 1 nitrogen and oxygen atoms in total. The Morgan fingerprint density at radius 1 is 0.941 bits per heavy atom. The molecule has 1 unspecified atom stereocenters. The summed E-state index contributed by atoms with van der Waals surface area (Å²) in [7, 11) is 0. The standard InChI is InChI=1S/C12H22N.3CH3.Sn/c1-9-8-13(12(5,6)7)10(9)11(2,3)4;;;;/h8H,1-7H3;3*1H3;. The van der Waals surface area contributed by atoms with E-state index in [2.05, 4.69) is 68.2 Å². The maximum absolute atomic E-state index is 2.73. The second kappa shape index (κ2) is 4.18. The van der Waals surface area contributed by atoms with Crippen LogP contribution < -0.4 is 0 Å². The van der Waals surface area contributed by atoms with Crippen LogP contribution in [0.1, 0.15) is 48.5 Å². The molecule has 0 N–H and O–H groups in total. The van der Waals surface area contributed by atoms with Gasteiger partial charge in [0.15, 0.2) is 0 Å². The van der Waals surface area contributed by atoms with Crippen molar-refractivity contribution < 1.29 is 0 Å². The molecule has 0 aromatic heterocycles. The first-order valence-electron chi connectivity index (χ1n) is 6.78. The molecule has 0 saturated carbocycles. The van der Waals surface area contributed by atoms with Crippen molar-refractivity contribution in [3.63, 3.8) is 0 Å². The fourth-order valence-electron chi connectivity index (χ4n) is 3.29. The molecule has 0 radical (unpaired) electrons. The molecule has 1 atom stereocenters. The molecule has 0 aliphatic carbocycles. The van der Waals surface area contributed by atoms with Crippen molar-refractivity contribution >= 4 is 18.4 Å². The van der Waals surface area contributed by atoms with Gasteiger partial charge in [-0.1, -0.05) is 0 Å². The predicted octanol–water partition coefficient (Wildman–Crippen LogP) is 4.67. The van der Waals surface area contributed by atoms with Crippen LogP contribution >= 0.6 is 0 Å². The zero-order valence-corrected chi connectivity index (χ0v) is 16.4. The summed E-state index contributed by atoms with van der Waals surface area (Å²) in [6, 6.07) is 0. The number of allylic oxidation sites excluding steroid dienone is 1. The van der Waals surface area contributed by atoms with E-state index < -0.39 is 18.4 Å². The van der Waals surface area contributed by atoms with Crippen LogP contribution in [0.4, 0.5) is 0 Å². The Kier molecular flexibility index (Phi) is 3.78. The monoisotopic (exact) mass is 345 g/mol. The van der Waals surface area contributed by atoms with Gasteiger partial charge in [0.1, 0.15) is 0 Å². The molecule has 0 bridgehead atoms. The SMILES string of the molecule is CC1=C(C(C)(C)C)N(C(C)(C)C)[CH]1[Sn]([CH3])([CH3])[CH3]. The van der Waals surface area contributed by atoms with E-state index in [1.54, 1.807) is 11.3 Å². The van der Waals surface area contributed by atoms with Gasteiger partial charge in [-0.05, 0) is 0 Å². The van der Waals surface area contributed by atoms with Gasteiger partial charge >= 0.3 is 113 Å². The van der Waals surface area contributed by atoms with Crippen molar-refractivity contribution in [3.05, 3.63) is 11.3 Å². The molecule has 0 aromatic rings. The van der Waals surface area contributed by atoms with E-state index in [4.69, 9.17) is 0 Å². The third kappa shape index (κ3) is 2.85. The third-order valence-corrected chi connectivity index (χ3v) is 10.2. The molecule has 0 amide bonds. The summed E-state index contributed by atoms with van der Waals surface area (Å²) < 4.78 is 0.790. The second-order valence-corrected chi connectivity index (χ2v) is 23.7. The van der Waals surface area contributed by atoms with Crippen molar-refractivity contribution in [1.29, 1.82) is 0 Å². The Hall–Kier alpha value is 0.339. The fraction of sp³-hybridized carbons (Fsp3) is 0.867. The van der Waals surface area contributed by atoms with Crippen LogP contribution in [-0.2, 0) is 0 Å². The van der Waals surface area contributed by atoms with E-state index in [9.17, 15) is 0 Å². The number of nitrogens with zero attached hydrogens (tertiary/aromatic N) is 1. The summed E-state index contributed by atoms with van der Waals surface area (Å²) in [5.41, 5.74) is 3.82. The summed E-state index contributed by atoms with van der Waals surface area (Å²) in [4.78, 5) is 10.4. The molecule has 0 fully saturated rings. The minimum atomic E-state index is -1.92. The molecule has 1 heterocycles. The predicted molar refractivity (Wildman–Crippen MR) is 80.9 cm³/mol. The Morgan fingerprint density at radius 3 is 1.59 bits per heavy atom. The molecule has 1 aliphatic rings. The van der Waals surface area contributed by atoms with Gasteiger partial charge in [0.2, 0.25) is 0 Å². The first kappa shape index (κ1) is 15.4. The van der Waals surface area contributed by atoms with E-state index in [-0.39, 0.29) is 11.0 Å². The molecule has 1 aliphatic heterocycles. The second-order valence-electron chi connectivity index (χ2n) is 8.59. The van der Waals surface area contributed by atoms with Crippen molar-refractivity contribution in [1.82, 2.24) is 4.90 Å². The number of hydrogen-bond donors (Lipinski definition) is 0. The van der Waals surface area contributed by atoms with Crippen LogP contribution in [0.15, 0.2) is 11.3 Å². The first-order chi connectivity index (χ1) is 7.28. The summed E-state index contributed by atoms with van der Waals surface area (Å²) in [6.45, 7) is 16.5. The summed E-state index contributed by atoms with van der Waals surface area (Å²) in [5.74, 6) is 0. The van der Waals surface area contributed by atoms with Crippen LogP contribution in [0.2, 0.25) is 14.8 Å².